The fourth-order valence-corrected chi connectivity index (χ4v) is 4.05. The molecule has 2 aromatic heterocycles. The van der Waals surface area contributed by atoms with E-state index in [0.29, 0.717) is 37.0 Å². The average molecular weight is 559 g/mol. The number of carbonyl (C=O) groups excluding carboxylic acids is 1. The molecular formula is C25H25BrClN5O3. The van der Waals surface area contributed by atoms with Crippen molar-refractivity contribution in [1.29, 1.82) is 0 Å². The Balaban J connectivity index is 1.45. The van der Waals surface area contributed by atoms with Gasteiger partial charge in [0, 0.05) is 36.9 Å². The van der Waals surface area contributed by atoms with Gasteiger partial charge >= 0.3 is 0 Å². The number of rotatable bonds is 11. The molecule has 1 amide bonds. The van der Waals surface area contributed by atoms with Gasteiger partial charge in [0.1, 0.15) is 12.4 Å². The van der Waals surface area contributed by atoms with Gasteiger partial charge in [-0.15, -0.1) is 0 Å². The zero-order chi connectivity index (χ0) is 24.6. The molecule has 0 aliphatic carbocycles. The second kappa shape index (κ2) is 12.1. The Morgan fingerprint density at radius 1 is 1.09 bits per heavy atom. The van der Waals surface area contributed by atoms with Crippen molar-refractivity contribution in [1.82, 2.24) is 19.9 Å². The number of ether oxygens (including phenoxy) is 2. The second-order valence-corrected chi connectivity index (χ2v) is 8.99. The lowest BCUT2D eigenvalue weighted by atomic mass is 10.1. The zero-order valence-electron chi connectivity index (χ0n) is 19.1. The number of methoxy groups -OCH3 is 1. The lowest BCUT2D eigenvalue weighted by Gasteiger charge is -2.12. The van der Waals surface area contributed by atoms with Crippen LogP contribution in [0.2, 0.25) is 5.02 Å². The maximum absolute atomic E-state index is 12.0. The lowest BCUT2D eigenvalue weighted by molar-refractivity contribution is -0.126. The predicted molar refractivity (Wildman–Crippen MR) is 139 cm³/mol. The van der Waals surface area contributed by atoms with E-state index in [0.717, 1.165) is 32.7 Å². The first-order valence-corrected chi connectivity index (χ1v) is 12.2. The SMILES string of the molecule is COCCOCC(=O)NCc1cccc(CNc2cc(-c3ccccc3Cl)nc3c(Br)cnn23)c1. The van der Waals surface area contributed by atoms with E-state index >= 15 is 0 Å². The molecule has 0 saturated heterocycles. The Hall–Kier alpha value is -2.98. The highest BCUT2D eigenvalue weighted by Crippen LogP contribution is 2.30. The molecule has 4 aromatic rings. The lowest BCUT2D eigenvalue weighted by Crippen LogP contribution is -2.27. The minimum absolute atomic E-state index is 0.00976. The van der Waals surface area contributed by atoms with E-state index in [1.165, 1.54) is 0 Å². The van der Waals surface area contributed by atoms with Crippen LogP contribution in [0.5, 0.6) is 0 Å². The molecule has 4 rings (SSSR count). The van der Waals surface area contributed by atoms with Gasteiger partial charge in [0.2, 0.25) is 5.91 Å². The zero-order valence-corrected chi connectivity index (χ0v) is 21.5. The molecule has 8 nitrogen and oxygen atoms in total. The average Bonchev–Trinajstić information content (AvgIpc) is 3.25. The van der Waals surface area contributed by atoms with Crippen LogP contribution in [0.4, 0.5) is 5.82 Å². The monoisotopic (exact) mass is 557 g/mol. The van der Waals surface area contributed by atoms with Crippen molar-refractivity contribution in [3.05, 3.63) is 81.4 Å². The van der Waals surface area contributed by atoms with Crippen molar-refractivity contribution in [3.8, 4) is 11.3 Å². The summed E-state index contributed by atoms with van der Waals surface area (Å²) in [7, 11) is 1.59. The van der Waals surface area contributed by atoms with Crippen LogP contribution in [0, 0.1) is 0 Å². The number of fused-ring (bicyclic) bond motifs is 1. The number of anilines is 1. The number of carbonyl (C=O) groups is 1. The van der Waals surface area contributed by atoms with Crippen LogP contribution in [-0.2, 0) is 27.4 Å². The maximum Gasteiger partial charge on any atom is 0.246 e. The second-order valence-electron chi connectivity index (χ2n) is 7.73. The molecule has 2 aromatic carbocycles. The summed E-state index contributed by atoms with van der Waals surface area (Å²) >= 11 is 9.95. The fourth-order valence-electron chi connectivity index (χ4n) is 3.47. The summed E-state index contributed by atoms with van der Waals surface area (Å²) < 4.78 is 12.7. The number of amides is 1. The molecular weight excluding hydrogens is 534 g/mol. The standard InChI is InChI=1S/C25H25BrClN5O3/c1-34-9-10-35-16-24(33)29-14-18-6-4-5-17(11-18)13-28-23-12-22(19-7-2-3-8-21(19)27)31-25-20(26)15-30-32(23)25/h2-8,11-12,15,28H,9-10,13-14,16H2,1H3,(H,29,33). The molecule has 2 N–H and O–H groups in total. The van der Waals surface area contributed by atoms with Gasteiger partial charge in [0.15, 0.2) is 5.65 Å². The molecule has 0 aliphatic rings. The largest absolute Gasteiger partial charge is 0.382 e. The minimum Gasteiger partial charge on any atom is -0.382 e. The first kappa shape index (κ1) is 25.1. The Labute approximate surface area is 216 Å². The first-order chi connectivity index (χ1) is 17.0. The van der Waals surface area contributed by atoms with Gasteiger partial charge in [-0.05, 0) is 33.1 Å². The quantitative estimate of drug-likeness (QED) is 0.259. The highest BCUT2D eigenvalue weighted by Gasteiger charge is 2.13. The van der Waals surface area contributed by atoms with E-state index in [-0.39, 0.29) is 12.5 Å². The van der Waals surface area contributed by atoms with Crippen LogP contribution in [0.25, 0.3) is 16.9 Å². The summed E-state index contributed by atoms with van der Waals surface area (Å²) in [4.78, 5) is 16.7. The van der Waals surface area contributed by atoms with Gasteiger partial charge in [-0.3, -0.25) is 4.79 Å². The molecule has 0 saturated carbocycles. The summed E-state index contributed by atoms with van der Waals surface area (Å²) in [6, 6.07) is 17.6. The van der Waals surface area contributed by atoms with E-state index in [1.54, 1.807) is 17.8 Å². The molecule has 0 aliphatic heterocycles. The number of benzene rings is 2. The summed E-state index contributed by atoms with van der Waals surface area (Å²) in [5.74, 6) is 0.614. The molecule has 0 radical (unpaired) electrons. The fraction of sp³-hybridized carbons (Fsp3) is 0.240. The van der Waals surface area contributed by atoms with Crippen LogP contribution in [0.15, 0.2) is 65.3 Å². The maximum atomic E-state index is 12.0. The third-order valence-corrected chi connectivity index (χ3v) is 6.09. The van der Waals surface area contributed by atoms with Crippen molar-refractivity contribution in [2.24, 2.45) is 0 Å². The van der Waals surface area contributed by atoms with Crippen LogP contribution in [-0.4, -0.2) is 47.4 Å². The van der Waals surface area contributed by atoms with Crippen molar-refractivity contribution in [2.45, 2.75) is 13.1 Å². The van der Waals surface area contributed by atoms with E-state index in [9.17, 15) is 4.79 Å². The molecule has 182 valence electrons. The van der Waals surface area contributed by atoms with E-state index < -0.39 is 0 Å². The number of aromatic nitrogens is 3. The van der Waals surface area contributed by atoms with E-state index in [4.69, 9.17) is 26.1 Å². The van der Waals surface area contributed by atoms with Crippen LogP contribution in [0.3, 0.4) is 0 Å². The molecule has 0 unspecified atom stereocenters. The molecule has 35 heavy (non-hydrogen) atoms. The highest BCUT2D eigenvalue weighted by molar-refractivity contribution is 9.10. The summed E-state index contributed by atoms with van der Waals surface area (Å²) in [5.41, 5.74) is 4.33. The van der Waals surface area contributed by atoms with Crippen molar-refractivity contribution >= 4 is 44.9 Å². The Kier molecular flexibility index (Phi) is 8.70. The molecule has 10 heteroatoms. The van der Waals surface area contributed by atoms with Crippen molar-refractivity contribution in [3.63, 3.8) is 0 Å². The molecule has 0 spiro atoms. The van der Waals surface area contributed by atoms with Gasteiger partial charge in [0.05, 0.1) is 29.6 Å². The van der Waals surface area contributed by atoms with Crippen molar-refractivity contribution < 1.29 is 14.3 Å². The van der Waals surface area contributed by atoms with Gasteiger partial charge in [-0.2, -0.15) is 9.61 Å². The summed E-state index contributed by atoms with van der Waals surface area (Å²) in [6.07, 6.45) is 1.71. The van der Waals surface area contributed by atoms with Gasteiger partial charge in [-0.1, -0.05) is 54.1 Å². The Morgan fingerprint density at radius 3 is 2.69 bits per heavy atom. The summed E-state index contributed by atoms with van der Waals surface area (Å²) in [6.45, 7) is 1.83. The highest BCUT2D eigenvalue weighted by atomic mass is 79.9. The first-order valence-electron chi connectivity index (χ1n) is 11.0. The van der Waals surface area contributed by atoms with Crippen LogP contribution in [0.1, 0.15) is 11.1 Å². The third kappa shape index (κ3) is 6.58. The molecule has 0 bridgehead atoms. The number of hydrogen-bond donors (Lipinski definition) is 2. The predicted octanol–water partition coefficient (Wildman–Crippen LogP) is 4.70. The molecule has 2 heterocycles. The summed E-state index contributed by atoms with van der Waals surface area (Å²) in [5, 5.41) is 11.4. The third-order valence-electron chi connectivity index (χ3n) is 5.20. The minimum atomic E-state index is -0.167. The topological polar surface area (TPSA) is 89.8 Å². The van der Waals surface area contributed by atoms with Crippen LogP contribution >= 0.6 is 27.5 Å². The molecule has 0 fully saturated rings. The van der Waals surface area contributed by atoms with Gasteiger partial charge < -0.3 is 20.1 Å². The Bertz CT molecular complexity index is 1310. The number of nitrogens with one attached hydrogen (secondary N) is 2. The number of halogens is 2. The Morgan fingerprint density at radius 2 is 1.89 bits per heavy atom. The number of hydrogen-bond acceptors (Lipinski definition) is 6. The van der Waals surface area contributed by atoms with E-state index in [1.807, 2.05) is 54.6 Å². The normalized spacial score (nSPS) is 11.1. The smallest absolute Gasteiger partial charge is 0.246 e. The number of nitrogens with zero attached hydrogens (tertiary/aromatic N) is 3. The molecule has 0 atom stereocenters. The van der Waals surface area contributed by atoms with Gasteiger partial charge in [0.25, 0.3) is 0 Å². The van der Waals surface area contributed by atoms with E-state index in [2.05, 4.69) is 31.7 Å². The van der Waals surface area contributed by atoms with Crippen molar-refractivity contribution in [2.75, 3.05) is 32.2 Å². The van der Waals surface area contributed by atoms with Crippen LogP contribution < -0.4 is 10.6 Å². The van der Waals surface area contributed by atoms with Gasteiger partial charge in [-0.25, -0.2) is 4.98 Å².